The van der Waals surface area contributed by atoms with Crippen molar-refractivity contribution in [3.8, 4) is 0 Å². The van der Waals surface area contributed by atoms with Crippen LogP contribution in [-0.4, -0.2) is 12.4 Å². The van der Waals surface area contributed by atoms with E-state index < -0.39 is 19.7 Å². The van der Waals surface area contributed by atoms with Crippen LogP contribution >= 0.6 is 14.3 Å². The van der Waals surface area contributed by atoms with E-state index in [4.69, 9.17) is 0 Å². The first kappa shape index (κ1) is 28.2. The summed E-state index contributed by atoms with van der Waals surface area (Å²) in [5.74, 6) is 0. The fraction of sp³-hybridized carbons (Fsp3) is 0.135. The maximum Gasteiger partial charge on any atom is 0.157 e. The molecule has 0 N–H and O–H groups in total. The lowest BCUT2D eigenvalue weighted by molar-refractivity contribution is 0.576. The van der Waals surface area contributed by atoms with Crippen molar-refractivity contribution in [3.05, 3.63) is 163 Å². The van der Waals surface area contributed by atoms with Gasteiger partial charge in [0, 0.05) is 45.1 Å². The summed E-state index contributed by atoms with van der Waals surface area (Å²) >= 11 is 0. The summed E-state index contributed by atoms with van der Waals surface area (Å²) in [5.41, 5.74) is 2.91. The molecule has 3 nitrogen and oxygen atoms in total. The van der Waals surface area contributed by atoms with Gasteiger partial charge in [-0.15, -0.1) is 0 Å². The first-order valence-corrected chi connectivity index (χ1v) is 17.8. The Morgan fingerprint density at radius 2 is 0.881 bits per heavy atom. The number of fused-ring (bicyclic) bond motifs is 1. The van der Waals surface area contributed by atoms with E-state index in [1.54, 1.807) is 0 Å². The molecule has 0 unspecified atom stereocenters. The molecule has 0 spiro atoms. The maximum atomic E-state index is 16.3. The van der Waals surface area contributed by atoms with Gasteiger partial charge in [0.05, 0.1) is 0 Å². The lowest BCUT2D eigenvalue weighted by atomic mass is 9.84. The van der Waals surface area contributed by atoms with E-state index in [0.717, 1.165) is 11.4 Å². The molecule has 0 bridgehead atoms. The average molecular weight is 588 g/mol. The average Bonchev–Trinajstić information content (AvgIpc) is 3.24. The molecule has 5 heteroatoms. The standard InChI is InChI=1S/C37H35NO2P2/c1-37(2)33-26-16-17-27-34(33)38(3)35(37)28-36(41(39,29-18-8-4-9-19-29)30-20-10-5-11-21-30)42(40,31-22-12-6-13-23-31)32-24-14-7-15-25-32/h4-28,36H,1-3H3/b35-28-. The Bertz CT molecular complexity index is 1630. The van der Waals surface area contributed by atoms with Crippen molar-refractivity contribution in [2.75, 3.05) is 11.9 Å². The van der Waals surface area contributed by atoms with Crippen LogP contribution in [0.25, 0.3) is 0 Å². The van der Waals surface area contributed by atoms with Crippen molar-refractivity contribution >= 4 is 41.2 Å². The van der Waals surface area contributed by atoms with Gasteiger partial charge in [-0.2, -0.15) is 0 Å². The smallest absolute Gasteiger partial charge is 0.157 e. The third kappa shape index (κ3) is 4.53. The van der Waals surface area contributed by atoms with Gasteiger partial charge < -0.3 is 14.0 Å². The van der Waals surface area contributed by atoms with Crippen LogP contribution in [0.5, 0.6) is 0 Å². The van der Waals surface area contributed by atoms with Crippen LogP contribution in [0.1, 0.15) is 19.4 Å². The zero-order valence-corrected chi connectivity index (χ0v) is 26.0. The molecule has 6 rings (SSSR count). The van der Waals surface area contributed by atoms with Gasteiger partial charge in [-0.25, -0.2) is 0 Å². The molecule has 1 aliphatic rings. The molecule has 5 aromatic rings. The van der Waals surface area contributed by atoms with E-state index >= 15 is 9.13 Å². The number of rotatable bonds is 7. The van der Waals surface area contributed by atoms with Crippen LogP contribution < -0.4 is 26.1 Å². The van der Waals surface area contributed by atoms with Gasteiger partial charge in [0.15, 0.2) is 14.3 Å². The number of anilines is 1. The first-order chi connectivity index (χ1) is 20.3. The van der Waals surface area contributed by atoms with Crippen LogP contribution in [0, 0.1) is 0 Å². The van der Waals surface area contributed by atoms with Crippen molar-refractivity contribution in [2.45, 2.75) is 24.7 Å². The van der Waals surface area contributed by atoms with Gasteiger partial charge in [-0.05, 0) is 17.7 Å². The predicted octanol–water partition coefficient (Wildman–Crippen LogP) is 7.65. The Morgan fingerprint density at radius 1 is 0.548 bits per heavy atom. The monoisotopic (exact) mass is 587 g/mol. The Balaban J connectivity index is 1.74. The summed E-state index contributed by atoms with van der Waals surface area (Å²) in [5, 5.41) is 1.94. The lowest BCUT2D eigenvalue weighted by Gasteiger charge is -2.36. The van der Waals surface area contributed by atoms with Crippen molar-refractivity contribution in [1.29, 1.82) is 0 Å². The van der Waals surface area contributed by atoms with E-state index in [2.05, 4.69) is 50.1 Å². The highest BCUT2D eigenvalue weighted by atomic mass is 31.2. The number of hydrogen-bond acceptors (Lipinski definition) is 3. The zero-order chi connectivity index (χ0) is 29.4. The number of allylic oxidation sites excluding steroid dienone is 2. The van der Waals surface area contributed by atoms with Crippen LogP contribution in [0.15, 0.2) is 157 Å². The molecular weight excluding hydrogens is 552 g/mol. The fourth-order valence-corrected chi connectivity index (χ4v) is 14.8. The third-order valence-electron chi connectivity index (χ3n) is 8.55. The van der Waals surface area contributed by atoms with Gasteiger partial charge in [-0.1, -0.05) is 153 Å². The summed E-state index contributed by atoms with van der Waals surface area (Å²) in [6.07, 6.45) is 2.10. The Labute approximate surface area is 249 Å². The highest BCUT2D eigenvalue weighted by molar-refractivity contribution is 7.95. The summed E-state index contributed by atoms with van der Waals surface area (Å²) in [6.45, 7) is 4.40. The quantitative estimate of drug-likeness (QED) is 0.184. The van der Waals surface area contributed by atoms with E-state index in [1.807, 2.05) is 127 Å². The summed E-state index contributed by atoms with van der Waals surface area (Å²) < 4.78 is 32.5. The minimum absolute atomic E-state index is 0.389. The van der Waals surface area contributed by atoms with Gasteiger partial charge in [0.1, 0.15) is 5.40 Å². The fourth-order valence-electron chi connectivity index (χ4n) is 6.39. The lowest BCUT2D eigenvalue weighted by Crippen LogP contribution is -2.34. The third-order valence-corrected chi connectivity index (χ3v) is 16.6. The number of likely N-dealkylation sites (N-methyl/N-ethyl adjacent to an activating group) is 1. The molecule has 0 aliphatic carbocycles. The number of benzene rings is 5. The summed E-state index contributed by atoms with van der Waals surface area (Å²) in [4.78, 5) is 2.18. The minimum Gasteiger partial charge on any atom is -0.347 e. The molecule has 1 heterocycles. The van der Waals surface area contributed by atoms with E-state index in [1.165, 1.54) is 5.56 Å². The molecule has 5 aromatic carbocycles. The van der Waals surface area contributed by atoms with E-state index in [-0.39, 0.29) is 5.41 Å². The molecule has 0 amide bonds. The van der Waals surface area contributed by atoms with Crippen LogP contribution in [-0.2, 0) is 14.5 Å². The molecule has 42 heavy (non-hydrogen) atoms. The van der Waals surface area contributed by atoms with Gasteiger partial charge in [-0.3, -0.25) is 0 Å². The second-order valence-electron chi connectivity index (χ2n) is 11.3. The van der Waals surface area contributed by atoms with Crippen molar-refractivity contribution < 1.29 is 9.13 Å². The Kier molecular flexibility index (Phi) is 7.44. The van der Waals surface area contributed by atoms with Gasteiger partial charge in [0.2, 0.25) is 0 Å². The topological polar surface area (TPSA) is 37.4 Å². The largest absolute Gasteiger partial charge is 0.347 e. The Hall–Kier alpha value is -3.90. The normalized spacial score (nSPS) is 15.6. The highest BCUT2D eigenvalue weighted by Gasteiger charge is 2.50. The van der Waals surface area contributed by atoms with Crippen LogP contribution in [0.3, 0.4) is 0 Å². The summed E-state index contributed by atoms with van der Waals surface area (Å²) in [6, 6.07) is 46.9. The molecule has 1 aliphatic heterocycles. The number of hydrogen-bond donors (Lipinski definition) is 0. The molecule has 0 saturated carbocycles. The van der Waals surface area contributed by atoms with E-state index in [0.29, 0.717) is 21.2 Å². The second-order valence-corrected chi connectivity index (χ2v) is 17.5. The molecule has 0 radical (unpaired) electrons. The van der Waals surface area contributed by atoms with Gasteiger partial charge in [0.25, 0.3) is 0 Å². The second kappa shape index (κ2) is 11.1. The van der Waals surface area contributed by atoms with Crippen molar-refractivity contribution in [3.63, 3.8) is 0 Å². The minimum atomic E-state index is -3.58. The number of para-hydroxylation sites is 1. The molecule has 210 valence electrons. The Morgan fingerprint density at radius 3 is 1.24 bits per heavy atom. The molecule has 0 aromatic heterocycles. The SMILES string of the molecule is CN1/C(=C\C(P(=O)(c2ccccc2)c2ccccc2)P(=O)(c2ccccc2)c2ccccc2)C(C)(C)c2ccccc21. The molecule has 0 fully saturated rings. The molecule has 0 atom stereocenters. The predicted molar refractivity (Wildman–Crippen MR) is 179 cm³/mol. The summed E-state index contributed by atoms with van der Waals surface area (Å²) in [7, 11) is -5.11. The van der Waals surface area contributed by atoms with E-state index in [9.17, 15) is 0 Å². The van der Waals surface area contributed by atoms with Crippen LogP contribution in [0.2, 0.25) is 0 Å². The van der Waals surface area contributed by atoms with Gasteiger partial charge >= 0.3 is 0 Å². The maximum absolute atomic E-state index is 16.3. The molecule has 0 saturated heterocycles. The zero-order valence-electron chi connectivity index (χ0n) is 24.2. The number of nitrogens with zero attached hydrogens (tertiary/aromatic N) is 1. The van der Waals surface area contributed by atoms with Crippen molar-refractivity contribution in [2.24, 2.45) is 0 Å². The molecular formula is C37H35NO2P2. The van der Waals surface area contributed by atoms with Crippen molar-refractivity contribution in [1.82, 2.24) is 0 Å². The first-order valence-electron chi connectivity index (χ1n) is 14.3. The highest BCUT2D eigenvalue weighted by Crippen LogP contribution is 2.67. The van der Waals surface area contributed by atoms with Crippen LogP contribution in [0.4, 0.5) is 5.69 Å².